The van der Waals surface area contributed by atoms with Crippen LogP contribution in [0.3, 0.4) is 0 Å². The largest absolute Gasteiger partial charge is 0.465 e. The maximum absolute atomic E-state index is 12.7. The second kappa shape index (κ2) is 5.24. The third-order valence-electron chi connectivity index (χ3n) is 4.20. The highest BCUT2D eigenvalue weighted by Crippen LogP contribution is 2.49. The van der Waals surface area contributed by atoms with Gasteiger partial charge in [-0.15, -0.1) is 0 Å². The first-order valence-electron chi connectivity index (χ1n) is 7.26. The van der Waals surface area contributed by atoms with Crippen LogP contribution in [-0.2, 0) is 14.9 Å². The van der Waals surface area contributed by atoms with Crippen molar-refractivity contribution in [1.29, 1.82) is 0 Å². The van der Waals surface area contributed by atoms with Gasteiger partial charge in [0.15, 0.2) is 0 Å². The summed E-state index contributed by atoms with van der Waals surface area (Å²) in [5.41, 5.74) is 2.37. The molecule has 0 unspecified atom stereocenters. The summed E-state index contributed by atoms with van der Waals surface area (Å²) in [4.78, 5) is 12.7. The molecule has 2 aromatic rings. The highest BCUT2D eigenvalue weighted by atomic mass is 16.5. The summed E-state index contributed by atoms with van der Waals surface area (Å²) in [6.07, 6.45) is 0. The van der Waals surface area contributed by atoms with Gasteiger partial charge < -0.3 is 10.1 Å². The second-order valence-electron chi connectivity index (χ2n) is 5.46. The van der Waals surface area contributed by atoms with Gasteiger partial charge in [-0.3, -0.25) is 4.79 Å². The zero-order valence-corrected chi connectivity index (χ0v) is 12.3. The molecule has 21 heavy (non-hydrogen) atoms. The van der Waals surface area contributed by atoms with Crippen LogP contribution in [0.15, 0.2) is 54.6 Å². The number of carbonyl (C=O) groups excluding carboxylic acids is 1. The molecule has 1 N–H and O–H groups in total. The van der Waals surface area contributed by atoms with E-state index < -0.39 is 5.41 Å². The summed E-state index contributed by atoms with van der Waals surface area (Å²) in [5.74, 6) is -0.184. The van der Waals surface area contributed by atoms with E-state index in [0.717, 1.165) is 16.8 Å². The number of esters is 1. The molecule has 1 aliphatic rings. The Morgan fingerprint density at radius 1 is 1.14 bits per heavy atom. The molecule has 0 aliphatic carbocycles. The Balaban J connectivity index is 2.11. The van der Waals surface area contributed by atoms with Gasteiger partial charge in [-0.05, 0) is 31.0 Å². The van der Waals surface area contributed by atoms with E-state index >= 15 is 0 Å². The first-order chi connectivity index (χ1) is 10.2. The standard InChI is InChI=1S/C18H19NO2/c1-3-21-17(20)18(2)14-11-7-8-12-15(14)19-16(18)13-9-5-4-6-10-13/h4-12,16,19H,3H2,1-2H3/t16-,18+/m1/s1. The van der Waals surface area contributed by atoms with Crippen LogP contribution in [0.2, 0.25) is 0 Å². The lowest BCUT2D eigenvalue weighted by Crippen LogP contribution is -2.39. The van der Waals surface area contributed by atoms with E-state index in [1.165, 1.54) is 0 Å². The highest BCUT2D eigenvalue weighted by Gasteiger charge is 2.50. The molecule has 0 saturated carbocycles. The number of hydrogen-bond acceptors (Lipinski definition) is 3. The minimum Gasteiger partial charge on any atom is -0.465 e. The molecule has 0 radical (unpaired) electrons. The van der Waals surface area contributed by atoms with E-state index in [0.29, 0.717) is 6.61 Å². The van der Waals surface area contributed by atoms with Crippen LogP contribution < -0.4 is 5.32 Å². The number of fused-ring (bicyclic) bond motifs is 1. The normalized spacial score (nSPS) is 23.2. The van der Waals surface area contributed by atoms with Crippen molar-refractivity contribution < 1.29 is 9.53 Å². The van der Waals surface area contributed by atoms with Gasteiger partial charge in [-0.1, -0.05) is 48.5 Å². The van der Waals surface area contributed by atoms with Gasteiger partial charge in [0, 0.05) is 5.69 Å². The molecule has 0 amide bonds. The molecule has 3 nitrogen and oxygen atoms in total. The lowest BCUT2D eigenvalue weighted by atomic mass is 9.76. The van der Waals surface area contributed by atoms with E-state index in [2.05, 4.69) is 5.32 Å². The molecule has 2 atom stereocenters. The van der Waals surface area contributed by atoms with E-state index in [4.69, 9.17) is 4.74 Å². The molecule has 2 aromatic carbocycles. The minimum atomic E-state index is -0.714. The smallest absolute Gasteiger partial charge is 0.318 e. The molecule has 108 valence electrons. The predicted molar refractivity (Wildman–Crippen MR) is 83.2 cm³/mol. The number of para-hydroxylation sites is 1. The van der Waals surface area contributed by atoms with Crippen molar-refractivity contribution in [2.24, 2.45) is 0 Å². The van der Waals surface area contributed by atoms with Crippen LogP contribution in [-0.4, -0.2) is 12.6 Å². The number of rotatable bonds is 3. The lowest BCUT2D eigenvalue weighted by molar-refractivity contribution is -0.150. The predicted octanol–water partition coefficient (Wildman–Crippen LogP) is 3.67. The second-order valence-corrected chi connectivity index (χ2v) is 5.46. The Morgan fingerprint density at radius 2 is 1.81 bits per heavy atom. The number of carbonyl (C=O) groups is 1. The van der Waals surface area contributed by atoms with Crippen LogP contribution in [0.25, 0.3) is 0 Å². The van der Waals surface area contributed by atoms with Crippen LogP contribution in [0.5, 0.6) is 0 Å². The first kappa shape index (κ1) is 13.7. The van der Waals surface area contributed by atoms with Crippen molar-refractivity contribution in [2.45, 2.75) is 25.3 Å². The van der Waals surface area contributed by atoms with Crippen LogP contribution >= 0.6 is 0 Å². The fraction of sp³-hybridized carbons (Fsp3) is 0.278. The van der Waals surface area contributed by atoms with E-state index in [1.54, 1.807) is 0 Å². The Kier molecular flexibility index (Phi) is 3.42. The summed E-state index contributed by atoms with van der Waals surface area (Å²) in [7, 11) is 0. The quantitative estimate of drug-likeness (QED) is 0.872. The van der Waals surface area contributed by atoms with Gasteiger partial charge in [0.25, 0.3) is 0 Å². The van der Waals surface area contributed by atoms with Crippen molar-refractivity contribution in [2.75, 3.05) is 11.9 Å². The van der Waals surface area contributed by atoms with Crippen molar-refractivity contribution in [3.05, 3.63) is 65.7 Å². The molecule has 1 aliphatic heterocycles. The summed E-state index contributed by atoms with van der Waals surface area (Å²) >= 11 is 0. The molecular formula is C18H19NO2. The zero-order valence-electron chi connectivity index (χ0n) is 12.3. The highest BCUT2D eigenvalue weighted by molar-refractivity contribution is 5.89. The van der Waals surface area contributed by atoms with Crippen LogP contribution in [0.1, 0.15) is 31.0 Å². The van der Waals surface area contributed by atoms with Crippen molar-refractivity contribution in [1.82, 2.24) is 0 Å². The maximum Gasteiger partial charge on any atom is 0.318 e. The fourth-order valence-electron chi connectivity index (χ4n) is 3.09. The van der Waals surface area contributed by atoms with Crippen LogP contribution in [0.4, 0.5) is 5.69 Å². The van der Waals surface area contributed by atoms with Gasteiger partial charge in [0.05, 0.1) is 12.6 Å². The molecule has 3 heteroatoms. The summed E-state index contributed by atoms with van der Waals surface area (Å²) in [6, 6.07) is 17.9. The lowest BCUT2D eigenvalue weighted by Gasteiger charge is -2.30. The maximum atomic E-state index is 12.7. The summed E-state index contributed by atoms with van der Waals surface area (Å²) in [5, 5.41) is 3.48. The monoisotopic (exact) mass is 281 g/mol. The van der Waals surface area contributed by atoms with Gasteiger partial charge in [-0.2, -0.15) is 0 Å². The molecule has 3 rings (SSSR count). The SMILES string of the molecule is CCOC(=O)[C@@]1(C)c2ccccc2N[C@@H]1c1ccccc1. The van der Waals surface area contributed by atoms with E-state index in [9.17, 15) is 4.79 Å². The number of hydrogen-bond donors (Lipinski definition) is 1. The summed E-state index contributed by atoms with van der Waals surface area (Å²) in [6.45, 7) is 4.19. The van der Waals surface area contributed by atoms with E-state index in [-0.39, 0.29) is 12.0 Å². The van der Waals surface area contributed by atoms with Gasteiger partial charge >= 0.3 is 5.97 Å². The molecule has 1 heterocycles. The minimum absolute atomic E-state index is 0.116. The zero-order chi connectivity index (χ0) is 14.9. The van der Waals surface area contributed by atoms with Crippen LogP contribution in [0, 0.1) is 0 Å². The fourth-order valence-corrected chi connectivity index (χ4v) is 3.09. The average Bonchev–Trinajstić information content (AvgIpc) is 2.83. The Hall–Kier alpha value is -2.29. The van der Waals surface area contributed by atoms with Gasteiger partial charge in [-0.25, -0.2) is 0 Å². The molecular weight excluding hydrogens is 262 g/mol. The van der Waals surface area contributed by atoms with E-state index in [1.807, 2.05) is 68.4 Å². The molecule has 0 fully saturated rings. The topological polar surface area (TPSA) is 38.3 Å². The van der Waals surface area contributed by atoms with Gasteiger partial charge in [0.2, 0.25) is 0 Å². The number of benzene rings is 2. The molecule has 0 spiro atoms. The average molecular weight is 281 g/mol. The van der Waals surface area contributed by atoms with Gasteiger partial charge in [0.1, 0.15) is 5.41 Å². The first-order valence-corrected chi connectivity index (χ1v) is 7.26. The number of ether oxygens (including phenoxy) is 1. The van der Waals surface area contributed by atoms with Crippen molar-refractivity contribution in [3.8, 4) is 0 Å². The Labute approximate surface area is 124 Å². The van der Waals surface area contributed by atoms with Crippen molar-refractivity contribution in [3.63, 3.8) is 0 Å². The number of nitrogens with one attached hydrogen (secondary N) is 1. The molecule has 0 aromatic heterocycles. The molecule has 0 saturated heterocycles. The number of anilines is 1. The third kappa shape index (κ3) is 2.09. The third-order valence-corrected chi connectivity index (χ3v) is 4.20. The molecule has 0 bridgehead atoms. The Morgan fingerprint density at radius 3 is 2.52 bits per heavy atom. The summed E-state index contributed by atoms with van der Waals surface area (Å²) < 4.78 is 5.36. The Bertz CT molecular complexity index is 653. The van der Waals surface area contributed by atoms with Crippen molar-refractivity contribution >= 4 is 11.7 Å².